The van der Waals surface area contributed by atoms with Crippen molar-refractivity contribution in [2.45, 2.75) is 11.0 Å². The average molecular weight is 418 g/mol. The minimum Gasteiger partial charge on any atom is -0.465 e. The first-order valence-corrected chi connectivity index (χ1v) is 10.8. The SMILES string of the molecule is COC(=O)c1ccc(S(=O)(=O)NCC(O)c2ccc(-c3ccsc3)cc2)cc1. The summed E-state index contributed by atoms with van der Waals surface area (Å²) in [5.74, 6) is -0.543. The number of thiophene rings is 1. The first kappa shape index (κ1) is 20.2. The zero-order valence-corrected chi connectivity index (χ0v) is 16.7. The molecule has 0 saturated heterocycles. The van der Waals surface area contributed by atoms with Gasteiger partial charge >= 0.3 is 5.97 Å². The number of hydrogen-bond donors (Lipinski definition) is 2. The van der Waals surface area contributed by atoms with Crippen molar-refractivity contribution in [2.24, 2.45) is 0 Å². The summed E-state index contributed by atoms with van der Waals surface area (Å²) in [6, 6.07) is 14.7. The van der Waals surface area contributed by atoms with Crippen LogP contribution in [0.5, 0.6) is 0 Å². The molecule has 1 aromatic heterocycles. The van der Waals surface area contributed by atoms with Crippen LogP contribution in [-0.4, -0.2) is 33.1 Å². The summed E-state index contributed by atoms with van der Waals surface area (Å²) in [7, 11) is -2.56. The lowest BCUT2D eigenvalue weighted by Crippen LogP contribution is -2.28. The van der Waals surface area contributed by atoms with Gasteiger partial charge in [0.1, 0.15) is 0 Å². The molecule has 1 heterocycles. The number of aliphatic hydroxyl groups excluding tert-OH is 1. The number of ether oxygens (including phenoxy) is 1. The first-order chi connectivity index (χ1) is 13.4. The number of nitrogens with one attached hydrogen (secondary N) is 1. The van der Waals surface area contributed by atoms with Gasteiger partial charge in [-0.3, -0.25) is 0 Å². The molecule has 0 aliphatic rings. The Kier molecular flexibility index (Phi) is 6.25. The van der Waals surface area contributed by atoms with Crippen LogP contribution in [0.4, 0.5) is 0 Å². The molecular weight excluding hydrogens is 398 g/mol. The van der Waals surface area contributed by atoms with E-state index < -0.39 is 22.1 Å². The third kappa shape index (κ3) is 4.66. The highest BCUT2D eigenvalue weighted by Crippen LogP contribution is 2.24. The van der Waals surface area contributed by atoms with E-state index in [0.717, 1.165) is 11.1 Å². The number of methoxy groups -OCH3 is 1. The van der Waals surface area contributed by atoms with Crippen molar-refractivity contribution in [1.29, 1.82) is 0 Å². The molecule has 146 valence electrons. The Morgan fingerprint density at radius 1 is 1.07 bits per heavy atom. The highest BCUT2D eigenvalue weighted by atomic mass is 32.2. The van der Waals surface area contributed by atoms with E-state index in [1.54, 1.807) is 23.5 Å². The van der Waals surface area contributed by atoms with Crippen LogP contribution in [0.1, 0.15) is 22.0 Å². The lowest BCUT2D eigenvalue weighted by atomic mass is 10.0. The summed E-state index contributed by atoms with van der Waals surface area (Å²) in [5.41, 5.74) is 3.00. The van der Waals surface area contributed by atoms with Gasteiger partial charge in [0.05, 0.1) is 23.7 Å². The Morgan fingerprint density at radius 3 is 2.32 bits per heavy atom. The van der Waals surface area contributed by atoms with Crippen LogP contribution in [0.2, 0.25) is 0 Å². The van der Waals surface area contributed by atoms with E-state index in [4.69, 9.17) is 0 Å². The summed E-state index contributed by atoms with van der Waals surface area (Å²) in [5, 5.41) is 14.3. The van der Waals surface area contributed by atoms with Gasteiger partial charge in [-0.1, -0.05) is 24.3 Å². The number of benzene rings is 2. The number of carbonyl (C=O) groups excluding carboxylic acids is 1. The maximum atomic E-state index is 12.4. The van der Waals surface area contributed by atoms with Gasteiger partial charge in [-0.25, -0.2) is 17.9 Å². The quantitative estimate of drug-likeness (QED) is 0.576. The summed E-state index contributed by atoms with van der Waals surface area (Å²) in [6.45, 7) is -0.168. The van der Waals surface area contributed by atoms with Crippen molar-refractivity contribution in [3.8, 4) is 11.1 Å². The molecule has 8 heteroatoms. The van der Waals surface area contributed by atoms with E-state index in [-0.39, 0.29) is 17.0 Å². The highest BCUT2D eigenvalue weighted by molar-refractivity contribution is 7.89. The molecular formula is C20H19NO5S2. The Labute approximate surface area is 167 Å². The predicted molar refractivity (Wildman–Crippen MR) is 108 cm³/mol. The van der Waals surface area contributed by atoms with Gasteiger partial charge in [0, 0.05) is 6.54 Å². The molecule has 0 amide bonds. The summed E-state index contributed by atoms with van der Waals surface area (Å²) >= 11 is 1.61. The average Bonchev–Trinajstić information content (AvgIpc) is 3.26. The third-order valence-electron chi connectivity index (χ3n) is 4.20. The van der Waals surface area contributed by atoms with Crippen LogP contribution < -0.4 is 4.72 Å². The van der Waals surface area contributed by atoms with E-state index >= 15 is 0 Å². The molecule has 28 heavy (non-hydrogen) atoms. The van der Waals surface area contributed by atoms with Crippen LogP contribution in [0.25, 0.3) is 11.1 Å². The second kappa shape index (κ2) is 8.66. The van der Waals surface area contributed by atoms with Crippen molar-refractivity contribution in [3.63, 3.8) is 0 Å². The van der Waals surface area contributed by atoms with Crippen molar-refractivity contribution >= 4 is 27.3 Å². The molecule has 2 N–H and O–H groups in total. The topological polar surface area (TPSA) is 92.7 Å². The van der Waals surface area contributed by atoms with Gasteiger partial charge in [-0.2, -0.15) is 11.3 Å². The summed E-state index contributed by atoms with van der Waals surface area (Å²) < 4.78 is 31.8. The molecule has 3 aromatic rings. The fraction of sp³-hybridized carbons (Fsp3) is 0.150. The number of carbonyl (C=O) groups is 1. The fourth-order valence-electron chi connectivity index (χ4n) is 2.60. The van der Waals surface area contributed by atoms with Gasteiger partial charge in [-0.15, -0.1) is 0 Å². The second-order valence-corrected chi connectivity index (χ2v) is 8.56. The van der Waals surface area contributed by atoms with Crippen molar-refractivity contribution < 1.29 is 23.1 Å². The molecule has 0 spiro atoms. The van der Waals surface area contributed by atoms with E-state index in [0.29, 0.717) is 5.56 Å². The molecule has 6 nitrogen and oxygen atoms in total. The largest absolute Gasteiger partial charge is 0.465 e. The van der Waals surface area contributed by atoms with Gasteiger partial charge in [0.15, 0.2) is 0 Å². The molecule has 0 aliphatic heterocycles. The van der Waals surface area contributed by atoms with Gasteiger partial charge in [-0.05, 0) is 57.8 Å². The van der Waals surface area contributed by atoms with E-state index in [9.17, 15) is 18.3 Å². The summed E-state index contributed by atoms with van der Waals surface area (Å²) in [6.07, 6.45) is -0.986. The third-order valence-corrected chi connectivity index (χ3v) is 6.33. The van der Waals surface area contributed by atoms with Gasteiger partial charge < -0.3 is 9.84 Å². The number of sulfonamides is 1. The molecule has 0 bridgehead atoms. The Morgan fingerprint density at radius 2 is 1.75 bits per heavy atom. The molecule has 0 aliphatic carbocycles. The zero-order chi connectivity index (χ0) is 20.1. The van der Waals surface area contributed by atoms with Crippen LogP contribution in [0, 0.1) is 0 Å². The zero-order valence-electron chi connectivity index (χ0n) is 15.0. The number of aliphatic hydroxyl groups is 1. The van der Waals surface area contributed by atoms with E-state index in [2.05, 4.69) is 9.46 Å². The Balaban J connectivity index is 1.64. The number of hydrogen-bond acceptors (Lipinski definition) is 6. The van der Waals surface area contributed by atoms with Crippen LogP contribution in [0.15, 0.2) is 70.3 Å². The van der Waals surface area contributed by atoms with Crippen LogP contribution >= 0.6 is 11.3 Å². The van der Waals surface area contributed by atoms with Crippen molar-refractivity contribution in [2.75, 3.05) is 13.7 Å². The maximum Gasteiger partial charge on any atom is 0.337 e. The molecule has 3 rings (SSSR count). The molecule has 2 aromatic carbocycles. The standard InChI is InChI=1S/C20H19NO5S2/c1-26-20(23)16-6-8-18(9-7-16)28(24,25)21-12-19(22)15-4-2-14(3-5-15)17-10-11-27-13-17/h2-11,13,19,21-22H,12H2,1H3. The van der Waals surface area contributed by atoms with Crippen molar-refractivity contribution in [3.05, 3.63) is 76.5 Å². The maximum absolute atomic E-state index is 12.4. The number of esters is 1. The van der Waals surface area contributed by atoms with Crippen molar-refractivity contribution in [1.82, 2.24) is 4.72 Å². The molecule has 0 radical (unpaired) electrons. The lowest BCUT2D eigenvalue weighted by Gasteiger charge is -2.13. The smallest absolute Gasteiger partial charge is 0.337 e. The minimum atomic E-state index is -3.82. The predicted octanol–water partition coefficient (Wildman–Crippen LogP) is 3.21. The van der Waals surface area contributed by atoms with Gasteiger partial charge in [0.2, 0.25) is 10.0 Å². The highest BCUT2D eigenvalue weighted by Gasteiger charge is 2.17. The Bertz CT molecular complexity index is 1030. The molecule has 1 unspecified atom stereocenters. The minimum absolute atomic E-state index is 0.000147. The monoisotopic (exact) mass is 417 g/mol. The van der Waals surface area contributed by atoms with Crippen LogP contribution in [-0.2, 0) is 14.8 Å². The normalized spacial score (nSPS) is 12.5. The second-order valence-electron chi connectivity index (χ2n) is 6.02. The lowest BCUT2D eigenvalue weighted by molar-refractivity contribution is 0.0600. The molecule has 0 fully saturated rings. The van der Waals surface area contributed by atoms with E-state index in [1.165, 1.54) is 31.4 Å². The van der Waals surface area contributed by atoms with Crippen LogP contribution in [0.3, 0.4) is 0 Å². The first-order valence-electron chi connectivity index (χ1n) is 8.39. The fourth-order valence-corrected chi connectivity index (χ4v) is 4.31. The number of rotatable bonds is 7. The van der Waals surface area contributed by atoms with E-state index in [1.807, 2.05) is 29.0 Å². The van der Waals surface area contributed by atoms with Gasteiger partial charge in [0.25, 0.3) is 0 Å². The Hall–Kier alpha value is -2.52. The summed E-state index contributed by atoms with van der Waals surface area (Å²) in [4.78, 5) is 11.4. The molecule has 1 atom stereocenters. The molecule has 0 saturated carbocycles.